The van der Waals surface area contributed by atoms with Crippen LogP contribution in [0, 0.1) is 5.41 Å². The molecule has 7 heteroatoms. The number of carbonyl (C=O) groups is 1. The number of rotatable bonds is 2. The molecule has 0 unspecified atom stereocenters. The number of nitrogens with one attached hydrogen (secondary N) is 1. The summed E-state index contributed by atoms with van der Waals surface area (Å²) in [5.41, 5.74) is 0.343. The first-order valence-corrected chi connectivity index (χ1v) is 8.53. The number of amides is 1. The number of benzene rings is 1. The van der Waals surface area contributed by atoms with Gasteiger partial charge in [-0.15, -0.1) is 12.4 Å². The van der Waals surface area contributed by atoms with Crippen molar-refractivity contribution in [3.05, 3.63) is 35.4 Å². The molecule has 2 heterocycles. The summed E-state index contributed by atoms with van der Waals surface area (Å²) < 4.78 is 37.7. The van der Waals surface area contributed by atoms with E-state index in [0.717, 1.165) is 51.2 Å². The van der Waals surface area contributed by atoms with Gasteiger partial charge in [0.25, 0.3) is 0 Å². The van der Waals surface area contributed by atoms with E-state index < -0.39 is 11.7 Å². The Hall–Kier alpha value is -1.27. The summed E-state index contributed by atoms with van der Waals surface area (Å²) in [6, 6.07) is 4.89. The highest BCUT2D eigenvalue weighted by molar-refractivity contribution is 5.85. The minimum atomic E-state index is -4.33. The Morgan fingerprint density at radius 1 is 1.04 bits per heavy atom. The summed E-state index contributed by atoms with van der Waals surface area (Å²) in [6.45, 7) is 3.64. The Kier molecular flexibility index (Phi) is 6.38. The fourth-order valence-electron chi connectivity index (χ4n) is 3.79. The number of nitrogens with zero attached hydrogens (tertiary/aromatic N) is 1. The minimum Gasteiger partial charge on any atom is -0.342 e. The first kappa shape index (κ1) is 20.0. The third kappa shape index (κ3) is 4.88. The van der Waals surface area contributed by atoms with Crippen LogP contribution in [-0.4, -0.2) is 37.0 Å². The van der Waals surface area contributed by atoms with Gasteiger partial charge in [0.2, 0.25) is 5.91 Å². The van der Waals surface area contributed by atoms with Crippen LogP contribution >= 0.6 is 12.4 Å². The zero-order valence-corrected chi connectivity index (χ0v) is 14.9. The van der Waals surface area contributed by atoms with Crippen molar-refractivity contribution < 1.29 is 18.0 Å². The monoisotopic (exact) mass is 376 g/mol. The number of halogens is 4. The van der Waals surface area contributed by atoms with Crippen molar-refractivity contribution in [3.8, 4) is 0 Å². The maximum Gasteiger partial charge on any atom is 0.416 e. The first-order valence-electron chi connectivity index (χ1n) is 8.53. The topological polar surface area (TPSA) is 32.3 Å². The van der Waals surface area contributed by atoms with E-state index in [1.807, 2.05) is 4.90 Å². The lowest BCUT2D eigenvalue weighted by Crippen LogP contribution is -2.47. The number of hydrogen-bond acceptors (Lipinski definition) is 2. The van der Waals surface area contributed by atoms with Gasteiger partial charge in [-0.05, 0) is 61.9 Å². The summed E-state index contributed by atoms with van der Waals surface area (Å²) >= 11 is 0. The van der Waals surface area contributed by atoms with E-state index in [1.165, 1.54) is 25.0 Å². The smallest absolute Gasteiger partial charge is 0.342 e. The molecule has 1 aromatic carbocycles. The number of hydrogen-bond donors (Lipinski definition) is 1. The van der Waals surface area contributed by atoms with Gasteiger partial charge in [0.15, 0.2) is 0 Å². The van der Waals surface area contributed by atoms with Crippen molar-refractivity contribution in [2.24, 2.45) is 5.41 Å². The van der Waals surface area contributed by atoms with Crippen LogP contribution in [-0.2, 0) is 17.4 Å². The van der Waals surface area contributed by atoms with Crippen LogP contribution in [0.25, 0.3) is 0 Å². The zero-order chi connectivity index (χ0) is 17.2. The number of alkyl halides is 3. The predicted octanol–water partition coefficient (Wildman–Crippen LogP) is 3.66. The molecule has 1 aromatic rings. The third-order valence-electron chi connectivity index (χ3n) is 5.48. The number of likely N-dealkylation sites (tertiary alicyclic amines) is 1. The fourth-order valence-corrected chi connectivity index (χ4v) is 3.79. The maximum absolute atomic E-state index is 12.6. The van der Waals surface area contributed by atoms with Crippen molar-refractivity contribution in [3.63, 3.8) is 0 Å². The molecule has 3 nitrogen and oxygen atoms in total. The van der Waals surface area contributed by atoms with E-state index in [4.69, 9.17) is 0 Å². The lowest BCUT2D eigenvalue weighted by molar-refractivity contribution is -0.137. The fraction of sp³-hybridized carbons (Fsp3) is 0.611. The second kappa shape index (κ2) is 7.96. The Morgan fingerprint density at radius 3 is 2.12 bits per heavy atom. The zero-order valence-electron chi connectivity index (χ0n) is 14.1. The molecule has 2 aliphatic rings. The Morgan fingerprint density at radius 2 is 1.60 bits per heavy atom. The van der Waals surface area contributed by atoms with Crippen LogP contribution < -0.4 is 5.32 Å². The number of piperidine rings is 2. The van der Waals surface area contributed by atoms with Gasteiger partial charge < -0.3 is 10.2 Å². The van der Waals surface area contributed by atoms with E-state index in [1.54, 1.807) is 0 Å². The Labute approximate surface area is 152 Å². The lowest BCUT2D eigenvalue weighted by atomic mass is 9.71. The highest BCUT2D eigenvalue weighted by atomic mass is 35.5. The van der Waals surface area contributed by atoms with Crippen LogP contribution in [0.4, 0.5) is 13.2 Å². The highest BCUT2D eigenvalue weighted by Gasteiger charge is 2.36. The highest BCUT2D eigenvalue weighted by Crippen LogP contribution is 2.39. The standard InChI is InChI=1S/C18H23F3N2O.ClH/c19-18(20,21)15-3-1-14(2-4-15)13-16(24)23-11-7-17(8-12-23)5-9-22-10-6-17;/h1-4,22H,5-13H2;1H. The van der Waals surface area contributed by atoms with Gasteiger partial charge in [-0.3, -0.25) is 4.79 Å². The second-order valence-corrected chi connectivity index (χ2v) is 7.00. The molecule has 3 rings (SSSR count). The van der Waals surface area contributed by atoms with E-state index in [0.29, 0.717) is 11.0 Å². The SMILES string of the molecule is Cl.O=C(Cc1ccc(C(F)(F)F)cc1)N1CCC2(CCNCC2)CC1. The van der Waals surface area contributed by atoms with E-state index >= 15 is 0 Å². The molecule has 0 aliphatic carbocycles. The molecule has 1 N–H and O–H groups in total. The summed E-state index contributed by atoms with van der Waals surface area (Å²) in [4.78, 5) is 14.3. The van der Waals surface area contributed by atoms with Crippen molar-refractivity contribution >= 4 is 18.3 Å². The molecular formula is C18H24ClF3N2O. The van der Waals surface area contributed by atoms with Crippen LogP contribution in [0.15, 0.2) is 24.3 Å². The second-order valence-electron chi connectivity index (χ2n) is 7.00. The van der Waals surface area contributed by atoms with Gasteiger partial charge in [0.05, 0.1) is 12.0 Å². The van der Waals surface area contributed by atoms with Gasteiger partial charge in [0.1, 0.15) is 0 Å². The van der Waals surface area contributed by atoms with Gasteiger partial charge >= 0.3 is 6.18 Å². The van der Waals surface area contributed by atoms with Gasteiger partial charge in [-0.2, -0.15) is 13.2 Å². The lowest BCUT2D eigenvalue weighted by Gasteiger charge is -2.44. The van der Waals surface area contributed by atoms with Crippen molar-refractivity contribution in [2.45, 2.75) is 38.3 Å². The average molecular weight is 377 g/mol. The molecule has 0 radical (unpaired) electrons. The molecule has 2 aliphatic heterocycles. The first-order chi connectivity index (χ1) is 11.4. The summed E-state index contributed by atoms with van der Waals surface area (Å²) in [7, 11) is 0. The Bertz CT molecular complexity index is 573. The molecule has 2 fully saturated rings. The molecular weight excluding hydrogens is 353 g/mol. The van der Waals surface area contributed by atoms with Crippen LogP contribution in [0.1, 0.15) is 36.8 Å². The molecule has 25 heavy (non-hydrogen) atoms. The molecule has 1 spiro atoms. The largest absolute Gasteiger partial charge is 0.416 e. The normalized spacial score (nSPS) is 20.2. The molecule has 0 atom stereocenters. The molecule has 2 saturated heterocycles. The maximum atomic E-state index is 12.6. The Balaban J connectivity index is 0.00000225. The van der Waals surface area contributed by atoms with Crippen molar-refractivity contribution in [1.29, 1.82) is 0 Å². The van der Waals surface area contributed by atoms with Crippen LogP contribution in [0.2, 0.25) is 0 Å². The van der Waals surface area contributed by atoms with Gasteiger partial charge in [-0.1, -0.05) is 12.1 Å². The van der Waals surface area contributed by atoms with Crippen molar-refractivity contribution in [1.82, 2.24) is 10.2 Å². The van der Waals surface area contributed by atoms with Crippen molar-refractivity contribution in [2.75, 3.05) is 26.2 Å². The molecule has 0 bridgehead atoms. The average Bonchev–Trinajstić information content (AvgIpc) is 2.56. The van der Waals surface area contributed by atoms with E-state index in [9.17, 15) is 18.0 Å². The molecule has 1 amide bonds. The van der Waals surface area contributed by atoms with Gasteiger partial charge in [-0.25, -0.2) is 0 Å². The molecule has 140 valence electrons. The third-order valence-corrected chi connectivity index (χ3v) is 5.48. The summed E-state index contributed by atoms with van der Waals surface area (Å²) in [6.07, 6.45) is 0.258. The molecule has 0 aromatic heterocycles. The minimum absolute atomic E-state index is 0. The molecule has 0 saturated carbocycles. The summed E-state index contributed by atoms with van der Waals surface area (Å²) in [5, 5.41) is 3.38. The predicted molar refractivity (Wildman–Crippen MR) is 92.7 cm³/mol. The number of carbonyl (C=O) groups excluding carboxylic acids is 1. The quantitative estimate of drug-likeness (QED) is 0.854. The van der Waals surface area contributed by atoms with Gasteiger partial charge in [0, 0.05) is 13.1 Å². The van der Waals surface area contributed by atoms with Crippen LogP contribution in [0.5, 0.6) is 0 Å². The van der Waals surface area contributed by atoms with E-state index in [-0.39, 0.29) is 24.7 Å². The summed E-state index contributed by atoms with van der Waals surface area (Å²) in [5.74, 6) is 0.0125. The van der Waals surface area contributed by atoms with Crippen LogP contribution in [0.3, 0.4) is 0 Å². The van der Waals surface area contributed by atoms with E-state index in [2.05, 4.69) is 5.32 Å².